The lowest BCUT2D eigenvalue weighted by Crippen LogP contribution is -2.68. The summed E-state index contributed by atoms with van der Waals surface area (Å²) in [7, 11) is -21.9. The predicted octanol–water partition coefficient (Wildman–Crippen LogP) is -6.67. The number of aliphatic hydroxyl groups excluding tert-OH is 3. The Bertz CT molecular complexity index is 1730. The summed E-state index contributed by atoms with van der Waals surface area (Å²) >= 11 is 0. The summed E-state index contributed by atoms with van der Waals surface area (Å²) in [5.74, 6) is -5.06. The third kappa shape index (κ3) is 11.9. The maximum atomic E-state index is 11.9. The van der Waals surface area contributed by atoms with Crippen LogP contribution in [0.25, 0.3) is 0 Å². The van der Waals surface area contributed by atoms with Crippen LogP contribution in [0.2, 0.25) is 0 Å². The summed E-state index contributed by atoms with van der Waals surface area (Å²) in [5.41, 5.74) is 0. The highest BCUT2D eigenvalue weighted by Crippen LogP contribution is 2.33. The minimum absolute atomic E-state index is 0.354. The van der Waals surface area contributed by atoms with E-state index in [1.165, 1.54) is 4.72 Å². The molecule has 0 bridgehead atoms. The monoisotopic (exact) mass is 817 g/mol. The van der Waals surface area contributed by atoms with Crippen molar-refractivity contribution in [3.05, 3.63) is 11.8 Å². The van der Waals surface area contributed by atoms with Gasteiger partial charge < -0.3 is 49.2 Å². The van der Waals surface area contributed by atoms with Gasteiger partial charge in [-0.1, -0.05) is 0 Å². The average molecular weight is 818 g/mol. The second-order valence-corrected chi connectivity index (χ2v) is 14.4. The topological polar surface area (TPSA) is 439 Å². The molecule has 0 spiro atoms. The zero-order chi connectivity index (χ0) is 38.1. The first kappa shape index (κ1) is 42.1. The molecule has 32 heteroatoms. The molecule has 2 fully saturated rings. The van der Waals surface area contributed by atoms with Crippen LogP contribution < -0.4 is 4.72 Å². The van der Waals surface area contributed by atoms with Crippen molar-refractivity contribution in [2.24, 2.45) is 0 Å². The molecule has 28 nitrogen and oxygen atoms in total. The molecule has 0 aromatic carbocycles. The largest absolute Gasteiger partial charge is 0.479 e. The first-order valence-electron chi connectivity index (χ1n) is 12.8. The van der Waals surface area contributed by atoms with Gasteiger partial charge in [0.05, 0.1) is 13.2 Å². The molecule has 0 aromatic heterocycles. The molecule has 3 aliphatic heterocycles. The molecular weight excluding hydrogens is 790 g/mol. The van der Waals surface area contributed by atoms with Gasteiger partial charge >= 0.3 is 53.4 Å². The van der Waals surface area contributed by atoms with Gasteiger partial charge in [-0.2, -0.15) is 38.4 Å². The van der Waals surface area contributed by atoms with Crippen molar-refractivity contribution in [2.75, 3.05) is 13.2 Å². The predicted molar refractivity (Wildman–Crippen MR) is 143 cm³/mol. The van der Waals surface area contributed by atoms with Crippen LogP contribution in [-0.2, 0) is 87.3 Å². The molecule has 3 aliphatic rings. The van der Waals surface area contributed by atoms with Gasteiger partial charge in [0.2, 0.25) is 12.0 Å². The Kier molecular flexibility index (Phi) is 13.2. The second-order valence-electron chi connectivity index (χ2n) is 10.0. The van der Waals surface area contributed by atoms with Gasteiger partial charge in [0.15, 0.2) is 18.5 Å². The molecule has 0 aromatic rings. The molecule has 0 aliphatic carbocycles. The van der Waals surface area contributed by atoms with E-state index in [-0.39, 0.29) is 0 Å². The Balaban J connectivity index is 2.08. The Morgan fingerprint density at radius 3 is 1.88 bits per heavy atom. The van der Waals surface area contributed by atoms with E-state index in [9.17, 15) is 73.3 Å². The van der Waals surface area contributed by atoms with Crippen LogP contribution in [0, 0.1) is 0 Å². The van der Waals surface area contributed by atoms with Gasteiger partial charge in [-0.15, -0.1) is 0 Å². The zero-order valence-corrected chi connectivity index (χ0v) is 27.2. The third-order valence-electron chi connectivity index (χ3n) is 6.48. The number of carboxylic acid groups (broad SMARTS) is 2. The van der Waals surface area contributed by atoms with E-state index in [2.05, 4.69) is 12.5 Å². The third-order valence-corrected chi connectivity index (χ3v) is 8.44. The van der Waals surface area contributed by atoms with E-state index in [0.29, 0.717) is 6.08 Å². The van der Waals surface area contributed by atoms with Gasteiger partial charge in [0.1, 0.15) is 48.8 Å². The number of aliphatic carboxylic acids is 2. The van der Waals surface area contributed by atoms with E-state index < -0.39 is 146 Å². The van der Waals surface area contributed by atoms with Crippen LogP contribution in [0.1, 0.15) is 0 Å². The number of aliphatic hydroxyl groups is 3. The quantitative estimate of drug-likeness (QED) is 0.0687. The van der Waals surface area contributed by atoms with Crippen LogP contribution in [0.3, 0.4) is 0 Å². The SMILES string of the molecule is O=C(O)C1=C[C@H](O)[C@@H](OS(=O)(=O)O)[C@H](OC2C(COS(=O)(=O)O)OC(OC3C(C(=O)O)OC[C@H](OS(=O)(=O)O)[C@H]3O)[C@H](NS(=O)(=O)O)[C@H]2O)O1. The Morgan fingerprint density at radius 2 is 1.38 bits per heavy atom. The van der Waals surface area contributed by atoms with Gasteiger partial charge in [-0.25, -0.2) is 22.1 Å². The number of hydrogen-bond donors (Lipinski definition) is 10. The molecule has 5 unspecified atom stereocenters. The summed E-state index contributed by atoms with van der Waals surface area (Å²) < 4.78 is 168. The Morgan fingerprint density at radius 1 is 0.800 bits per heavy atom. The molecule has 2 saturated heterocycles. The summed E-state index contributed by atoms with van der Waals surface area (Å²) in [4.78, 5) is 23.4. The molecule has 0 saturated carbocycles. The number of rotatable bonds is 15. The second kappa shape index (κ2) is 15.7. The number of carboxylic acids is 2. The molecule has 290 valence electrons. The zero-order valence-electron chi connectivity index (χ0n) is 23.9. The minimum atomic E-state index is -5.54. The first-order chi connectivity index (χ1) is 22.7. The van der Waals surface area contributed by atoms with Crippen LogP contribution in [0.4, 0.5) is 0 Å². The molecule has 0 amide bonds. The van der Waals surface area contributed by atoms with Crippen LogP contribution in [0.15, 0.2) is 11.8 Å². The fourth-order valence-corrected chi connectivity index (χ4v) is 6.47. The maximum Gasteiger partial charge on any atom is 0.397 e. The summed E-state index contributed by atoms with van der Waals surface area (Å²) in [6, 6.07) is -2.52. The number of carbonyl (C=O) groups is 2. The van der Waals surface area contributed by atoms with E-state index in [1.54, 1.807) is 0 Å². The van der Waals surface area contributed by atoms with Gasteiger partial charge in [-0.05, 0) is 6.08 Å². The van der Waals surface area contributed by atoms with Crippen LogP contribution >= 0.6 is 0 Å². The molecular formula is C18H27NO27S4. The van der Waals surface area contributed by atoms with E-state index in [0.717, 1.165) is 0 Å². The van der Waals surface area contributed by atoms with Crippen LogP contribution in [0.5, 0.6) is 0 Å². The number of hydrogen-bond acceptors (Lipinski definition) is 21. The van der Waals surface area contributed by atoms with E-state index in [4.69, 9.17) is 37.3 Å². The summed E-state index contributed by atoms with van der Waals surface area (Å²) in [5, 5.41) is 51.0. The van der Waals surface area contributed by atoms with Crippen molar-refractivity contribution in [2.45, 2.75) is 73.6 Å². The van der Waals surface area contributed by atoms with Gasteiger partial charge in [-0.3, -0.25) is 18.2 Å². The fraction of sp³-hybridized carbons (Fsp3) is 0.778. The average Bonchev–Trinajstić information content (AvgIpc) is 2.92. The molecule has 10 N–H and O–H groups in total. The molecule has 12 atom stereocenters. The summed E-state index contributed by atoms with van der Waals surface area (Å²) in [6.45, 7) is -2.55. The van der Waals surface area contributed by atoms with Crippen LogP contribution in [-0.4, -0.2) is 176 Å². The van der Waals surface area contributed by atoms with E-state index in [1.807, 2.05) is 0 Å². The van der Waals surface area contributed by atoms with Crippen molar-refractivity contribution in [1.29, 1.82) is 0 Å². The molecule has 3 rings (SSSR count). The smallest absolute Gasteiger partial charge is 0.397 e. The molecule has 50 heavy (non-hydrogen) atoms. The number of ether oxygens (including phenoxy) is 5. The van der Waals surface area contributed by atoms with Crippen molar-refractivity contribution < 1.29 is 123 Å². The van der Waals surface area contributed by atoms with Crippen molar-refractivity contribution in [1.82, 2.24) is 4.72 Å². The lowest BCUT2D eigenvalue weighted by atomic mass is 9.96. The minimum Gasteiger partial charge on any atom is -0.479 e. The Hall–Kier alpha value is -2.32. The maximum absolute atomic E-state index is 11.9. The van der Waals surface area contributed by atoms with Gasteiger partial charge in [0.25, 0.3) is 0 Å². The van der Waals surface area contributed by atoms with Crippen molar-refractivity contribution >= 4 is 53.4 Å². The highest BCUT2D eigenvalue weighted by atomic mass is 32.3. The normalized spacial score (nSPS) is 35.9. The van der Waals surface area contributed by atoms with Crippen molar-refractivity contribution in [3.8, 4) is 0 Å². The van der Waals surface area contributed by atoms with Gasteiger partial charge in [0, 0.05) is 0 Å². The lowest BCUT2D eigenvalue weighted by molar-refractivity contribution is -0.331. The summed E-state index contributed by atoms with van der Waals surface area (Å²) in [6.07, 6.45) is -26.3. The lowest BCUT2D eigenvalue weighted by Gasteiger charge is -2.47. The van der Waals surface area contributed by atoms with E-state index >= 15 is 0 Å². The Labute approximate surface area is 279 Å². The number of nitrogens with one attached hydrogen (secondary N) is 1. The fourth-order valence-electron chi connectivity index (χ4n) is 4.60. The molecule has 0 radical (unpaired) electrons. The highest BCUT2D eigenvalue weighted by Gasteiger charge is 2.55. The first-order valence-corrected chi connectivity index (χ1v) is 18.3. The standard InChI is InChI=1S/C18H27NO27S4/c20-4-1-5(15(23)24)41-18(11(4)46-50(36,37)38)43-12-7(3-40-48(30,31)32)42-17(8(10(12)22)19-47(27,28)29)44-13-9(21)6(45-49(33,34)35)2-39-14(13)16(25)26/h1,4,6-14,17-22H,2-3H2,(H,23,24)(H,25,26)(H,27,28,29)(H,30,31,32)(H,33,34,35)(H,36,37,38)/t4-,6-,7?,8+,9+,10+,11+,12?,13?,14?,17?,18-/m0/s1. The van der Waals surface area contributed by atoms with Crippen molar-refractivity contribution in [3.63, 3.8) is 0 Å². The highest BCUT2D eigenvalue weighted by molar-refractivity contribution is 7.83. The molecule has 3 heterocycles.